The zero-order valence-electron chi connectivity index (χ0n) is 73.8. The SMILES string of the molecule is C.CC(C)(C)OC(=O)CN1CCN(CC(=O)OC(C)(C)C)CCN(Cc2ccc(C(=O)O)cc2)CC1.CC(C)(C)OC(=O)CN1CCN(CC(=O)OC(C)(C)C)CCN(Cc2ccc(C(=O)OC3C(=O)CCC3=O)cc2)CC1.CCCN1C(=O)C=CC1=O.O=C(O)CN1CCN(CC(=O)O)CCN(Cc2ccc(C(=O)NCCN3C(=O)CCC3=O)cc2)CC1. The Bertz CT molecular complexity index is 3970. The number of carboxylic acids is 3. The number of carbonyl (C=O) groups excluding carboxylic acids is 12. The average molecular weight is 1740 g/mol. The van der Waals surface area contributed by atoms with Gasteiger partial charge in [0, 0.05) is 200 Å². The number of nitrogens with zero attached hydrogens (tertiary/aromatic N) is 11. The molecule has 0 bridgehead atoms. The minimum atomic E-state index is -1.30. The molecule has 5 amide bonds. The number of imide groups is 2. The molecule has 3 aromatic carbocycles. The van der Waals surface area contributed by atoms with Gasteiger partial charge in [-0.25, -0.2) is 9.59 Å². The number of esters is 5. The molecule has 0 atom stereocenters. The standard InChI is InChI=1S/C31H45N3O8.C26H41N3O6.C24H33N5O7.C7H9NO2.CH4/c1-30(2,3)41-26(37)20-33-15-13-32(14-16-34(18-17-33)21-27(38)42-31(4,5)6)19-22-7-9-23(10-8-22)29(39)40-28-24(35)11-12-25(28)36;1-25(2,3)34-22(30)18-28-13-11-27(17-20-7-9-21(10-8-20)24(32)33)12-14-29(16-15-28)19-23(31)35-26(4,5)6;30-20-5-6-21(31)29(20)8-7-25-24(36)19-3-1-18(2-4-19)15-26-9-11-27(16-22(32)33)13-14-28(12-10-26)17-23(34)35;1-2-5-8-6(9)3-4-7(8)10;/h7-10,28H,11-21H2,1-6H3;7-10H,11-19H2,1-6H3,(H,32,33);1-4H,5-17H2,(H,25,36)(H,32,33)(H,34,35);3-4H,2,5H2,1H3;1H4. The van der Waals surface area contributed by atoms with E-state index >= 15 is 0 Å². The first-order valence-electron chi connectivity index (χ1n) is 42.0. The van der Waals surface area contributed by atoms with Crippen molar-refractivity contribution in [3.63, 3.8) is 0 Å². The van der Waals surface area contributed by atoms with Gasteiger partial charge in [0.15, 0.2) is 11.6 Å². The second-order valence-electron chi connectivity index (χ2n) is 35.1. The van der Waals surface area contributed by atoms with Crippen molar-refractivity contribution >= 4 is 88.9 Å². The van der Waals surface area contributed by atoms with Crippen molar-refractivity contribution in [1.29, 1.82) is 0 Å². The van der Waals surface area contributed by atoms with Crippen LogP contribution >= 0.6 is 0 Å². The van der Waals surface area contributed by atoms with Crippen LogP contribution in [0.5, 0.6) is 0 Å². The fourth-order valence-electron chi connectivity index (χ4n) is 13.7. The largest absolute Gasteiger partial charge is 0.480 e. The molecule has 1 aliphatic carbocycles. The molecule has 1 saturated carbocycles. The van der Waals surface area contributed by atoms with Crippen LogP contribution in [-0.2, 0) is 101 Å². The van der Waals surface area contributed by atoms with Gasteiger partial charge in [0.05, 0.1) is 50.4 Å². The highest BCUT2D eigenvalue weighted by atomic mass is 16.6. The maximum atomic E-state index is 12.6. The molecule has 35 heteroatoms. The van der Waals surface area contributed by atoms with Crippen molar-refractivity contribution in [3.05, 3.63) is 118 Å². The summed E-state index contributed by atoms with van der Waals surface area (Å²) in [5, 5.41) is 30.2. The summed E-state index contributed by atoms with van der Waals surface area (Å²) in [6.07, 6.45) is 2.79. The first kappa shape index (κ1) is 104. The molecule has 5 aliphatic heterocycles. The average Bonchev–Trinajstić information content (AvgIpc) is 1.75. The summed E-state index contributed by atoms with van der Waals surface area (Å²) < 4.78 is 27.3. The first-order chi connectivity index (χ1) is 57.7. The molecule has 35 nitrogen and oxygen atoms in total. The maximum Gasteiger partial charge on any atom is 0.339 e. The van der Waals surface area contributed by atoms with Crippen molar-refractivity contribution in [2.75, 3.05) is 177 Å². The van der Waals surface area contributed by atoms with Crippen LogP contribution in [0.15, 0.2) is 84.9 Å². The molecule has 124 heavy (non-hydrogen) atoms. The van der Waals surface area contributed by atoms with Gasteiger partial charge in [-0.3, -0.25) is 116 Å². The summed E-state index contributed by atoms with van der Waals surface area (Å²) in [7, 11) is 0. The number of aromatic carboxylic acids is 1. The van der Waals surface area contributed by atoms with E-state index in [1.165, 1.54) is 22.0 Å². The van der Waals surface area contributed by atoms with Crippen molar-refractivity contribution < 1.29 is 111 Å². The number of hydrogen-bond acceptors (Lipinski definition) is 29. The summed E-state index contributed by atoms with van der Waals surface area (Å²) in [6, 6.07) is 20.9. The van der Waals surface area contributed by atoms with Crippen LogP contribution in [0.2, 0.25) is 0 Å². The molecule has 5 heterocycles. The Hall–Kier alpha value is -10.1. The third-order valence-corrected chi connectivity index (χ3v) is 19.8. The molecule has 4 saturated heterocycles. The molecule has 3 aromatic rings. The number of amides is 5. The highest BCUT2D eigenvalue weighted by Crippen LogP contribution is 2.21. The molecular formula is C89H132N12O23. The molecule has 0 unspecified atom stereocenters. The smallest absolute Gasteiger partial charge is 0.339 e. The minimum Gasteiger partial charge on any atom is -0.480 e. The summed E-state index contributed by atoms with van der Waals surface area (Å²) in [5.41, 5.74) is 1.66. The fourth-order valence-corrected chi connectivity index (χ4v) is 13.7. The summed E-state index contributed by atoms with van der Waals surface area (Å²) in [6.45, 7) is 38.4. The van der Waals surface area contributed by atoms with Gasteiger partial charge in [0.2, 0.25) is 17.9 Å². The number of ether oxygens (including phenoxy) is 5. The van der Waals surface area contributed by atoms with Gasteiger partial charge in [-0.1, -0.05) is 50.7 Å². The number of nitrogens with one attached hydrogen (secondary N) is 1. The lowest BCUT2D eigenvalue weighted by atomic mass is 10.1. The predicted octanol–water partition coefficient (Wildman–Crippen LogP) is 4.85. The van der Waals surface area contributed by atoms with Gasteiger partial charge in [-0.15, -0.1) is 0 Å². The van der Waals surface area contributed by atoms with E-state index in [2.05, 4.69) is 29.8 Å². The van der Waals surface area contributed by atoms with E-state index < -0.39 is 52.4 Å². The first-order valence-corrected chi connectivity index (χ1v) is 42.0. The van der Waals surface area contributed by atoms with E-state index in [-0.39, 0.29) is 162 Å². The van der Waals surface area contributed by atoms with Crippen LogP contribution < -0.4 is 5.32 Å². The second kappa shape index (κ2) is 50.1. The fraction of sp³-hybridized carbons (Fsp3) is 0.607. The van der Waals surface area contributed by atoms with Crippen LogP contribution in [0.4, 0.5) is 0 Å². The number of likely N-dealkylation sites (tertiary alicyclic amines) is 1. The monoisotopic (exact) mass is 1740 g/mol. The summed E-state index contributed by atoms with van der Waals surface area (Å²) in [5.74, 6) is -6.44. The lowest BCUT2D eigenvalue weighted by Crippen LogP contribution is -2.42. The van der Waals surface area contributed by atoms with E-state index in [4.69, 9.17) is 28.8 Å². The zero-order chi connectivity index (χ0) is 90.9. The van der Waals surface area contributed by atoms with Crippen LogP contribution in [-0.4, -0.2) is 363 Å². The lowest BCUT2D eigenvalue weighted by Gasteiger charge is -2.27. The van der Waals surface area contributed by atoms with E-state index in [1.807, 2.05) is 146 Å². The van der Waals surface area contributed by atoms with Gasteiger partial charge in [-0.2, -0.15) is 0 Å². The van der Waals surface area contributed by atoms with E-state index in [0.29, 0.717) is 136 Å². The summed E-state index contributed by atoms with van der Waals surface area (Å²) >= 11 is 0. The van der Waals surface area contributed by atoms with Crippen molar-refractivity contribution in [2.24, 2.45) is 0 Å². The van der Waals surface area contributed by atoms with Crippen LogP contribution in [0.1, 0.15) is 177 Å². The molecule has 9 rings (SSSR count). The Morgan fingerprint density at radius 3 is 0.911 bits per heavy atom. The van der Waals surface area contributed by atoms with Crippen molar-refractivity contribution in [3.8, 4) is 0 Å². The summed E-state index contributed by atoms with van der Waals surface area (Å²) in [4.78, 5) is 198. The molecule has 4 N–H and O–H groups in total. The Balaban J connectivity index is 0.000000312. The maximum absolute atomic E-state index is 12.6. The second-order valence-corrected chi connectivity index (χ2v) is 35.1. The Morgan fingerprint density at radius 1 is 0.363 bits per heavy atom. The molecular weight excluding hydrogens is 1610 g/mol. The number of benzene rings is 3. The molecule has 6 aliphatic rings. The van der Waals surface area contributed by atoms with Crippen molar-refractivity contribution in [2.45, 2.75) is 178 Å². The number of hydrogen-bond donors (Lipinski definition) is 4. The van der Waals surface area contributed by atoms with Crippen LogP contribution in [0, 0.1) is 0 Å². The lowest BCUT2D eigenvalue weighted by molar-refractivity contribution is -0.158. The number of aliphatic carboxylic acids is 2. The Morgan fingerprint density at radius 2 is 0.637 bits per heavy atom. The van der Waals surface area contributed by atoms with Crippen LogP contribution in [0.3, 0.4) is 0 Å². The van der Waals surface area contributed by atoms with Gasteiger partial charge < -0.3 is 44.3 Å². The molecule has 5 fully saturated rings. The third kappa shape index (κ3) is 40.2. The van der Waals surface area contributed by atoms with E-state index in [0.717, 1.165) is 36.2 Å². The third-order valence-electron chi connectivity index (χ3n) is 19.8. The number of rotatable bonds is 27. The minimum absolute atomic E-state index is 0. The normalized spacial score (nSPS) is 17.9. The highest BCUT2D eigenvalue weighted by molar-refractivity contribution is 6.13. The quantitative estimate of drug-likeness (QED) is 0.0343. The number of carboxylic acid groups (broad SMARTS) is 3. The molecule has 0 aromatic heterocycles. The predicted molar refractivity (Wildman–Crippen MR) is 459 cm³/mol. The molecule has 686 valence electrons. The van der Waals surface area contributed by atoms with Gasteiger partial charge >= 0.3 is 47.8 Å². The van der Waals surface area contributed by atoms with Gasteiger partial charge in [0.1, 0.15) is 22.4 Å². The highest BCUT2D eigenvalue weighted by Gasteiger charge is 2.37. The van der Waals surface area contributed by atoms with Crippen LogP contribution in [0.25, 0.3) is 0 Å². The Labute approximate surface area is 728 Å². The number of ketones is 2. The number of carbonyl (C=O) groups is 15. The molecule has 0 radical (unpaired) electrons. The Kier molecular flexibility index (Phi) is 42.2. The van der Waals surface area contributed by atoms with Gasteiger partial charge in [0.25, 0.3) is 17.7 Å². The van der Waals surface area contributed by atoms with Gasteiger partial charge in [-0.05, 0) is 143 Å². The zero-order valence-corrected chi connectivity index (χ0v) is 73.8. The van der Waals surface area contributed by atoms with Crippen molar-refractivity contribution in [1.82, 2.24) is 59.2 Å². The van der Waals surface area contributed by atoms with E-state index in [1.54, 1.807) is 36.4 Å². The molecule has 0 spiro atoms. The topological polar surface area (TPSA) is 411 Å². The number of Topliss-reactive ketones (excluding diaryl/α,β-unsaturated/α-hetero) is 2. The van der Waals surface area contributed by atoms with E-state index in [9.17, 15) is 82.1 Å².